The van der Waals surface area contributed by atoms with Gasteiger partial charge in [0.1, 0.15) is 5.75 Å². The summed E-state index contributed by atoms with van der Waals surface area (Å²) in [6.07, 6.45) is 0.826. The molecule has 13 heavy (non-hydrogen) atoms. The van der Waals surface area contributed by atoms with Crippen molar-refractivity contribution >= 4 is 0 Å². The van der Waals surface area contributed by atoms with E-state index in [1.165, 1.54) is 0 Å². The zero-order valence-electron chi connectivity index (χ0n) is 7.67. The lowest BCUT2D eigenvalue weighted by molar-refractivity contribution is 0.475. The van der Waals surface area contributed by atoms with Crippen molar-refractivity contribution in [1.29, 1.82) is 0 Å². The summed E-state index contributed by atoms with van der Waals surface area (Å²) in [5.41, 5.74) is 0.858. The molecule has 68 valence electrons. The van der Waals surface area contributed by atoms with Crippen molar-refractivity contribution in [2.24, 2.45) is 0 Å². The molecule has 0 aliphatic heterocycles. The van der Waals surface area contributed by atoms with Gasteiger partial charge in [0.2, 0.25) is 0 Å². The van der Waals surface area contributed by atoms with Crippen molar-refractivity contribution in [1.82, 2.24) is 5.32 Å². The molecule has 0 aromatic heterocycles. The van der Waals surface area contributed by atoms with Crippen LogP contribution < -0.4 is 5.32 Å². The van der Waals surface area contributed by atoms with Crippen LogP contribution in [-0.4, -0.2) is 18.7 Å². The van der Waals surface area contributed by atoms with Gasteiger partial charge >= 0.3 is 0 Å². The van der Waals surface area contributed by atoms with Crippen LogP contribution in [0.2, 0.25) is 0 Å². The second-order valence-corrected chi connectivity index (χ2v) is 2.71. The van der Waals surface area contributed by atoms with Gasteiger partial charge in [-0.2, -0.15) is 0 Å². The van der Waals surface area contributed by atoms with Gasteiger partial charge in [0, 0.05) is 18.5 Å². The Morgan fingerprint density at radius 2 is 2.31 bits per heavy atom. The smallest absolute Gasteiger partial charge is 0.116 e. The number of hydrogen-bond donors (Lipinski definition) is 2. The number of phenols is 1. The minimum atomic E-state index is 0.264. The third-order valence-electron chi connectivity index (χ3n) is 1.58. The Balaban J connectivity index is 2.56. The highest BCUT2D eigenvalue weighted by Gasteiger charge is 1.87. The summed E-state index contributed by atoms with van der Waals surface area (Å²) in [5.74, 6) is 6.24. The Labute approximate surface area is 78.6 Å². The third-order valence-corrected chi connectivity index (χ3v) is 1.58. The molecule has 0 heterocycles. The molecular formula is C11H13NO. The molecule has 0 spiro atoms. The maximum atomic E-state index is 9.14. The first-order valence-corrected chi connectivity index (χ1v) is 4.25. The number of nitrogens with one attached hydrogen (secondary N) is 1. The van der Waals surface area contributed by atoms with Crippen molar-refractivity contribution in [3.05, 3.63) is 29.8 Å². The predicted octanol–water partition coefficient (Wildman–Crippen LogP) is 1.35. The normalized spacial score (nSPS) is 9.00. The van der Waals surface area contributed by atoms with Gasteiger partial charge in [-0.1, -0.05) is 17.9 Å². The Morgan fingerprint density at radius 3 is 3.00 bits per heavy atom. The fourth-order valence-electron chi connectivity index (χ4n) is 0.936. The van der Waals surface area contributed by atoms with Gasteiger partial charge < -0.3 is 10.4 Å². The lowest BCUT2D eigenvalue weighted by atomic mass is 10.2. The van der Waals surface area contributed by atoms with Crippen LogP contribution in [0.4, 0.5) is 0 Å². The lowest BCUT2D eigenvalue weighted by Crippen LogP contribution is -2.05. The molecule has 1 aromatic rings. The first-order chi connectivity index (χ1) is 6.33. The van der Waals surface area contributed by atoms with E-state index >= 15 is 0 Å². The Hall–Kier alpha value is -1.46. The van der Waals surface area contributed by atoms with Crippen LogP contribution in [0.25, 0.3) is 0 Å². The van der Waals surface area contributed by atoms with Crippen LogP contribution in [0.1, 0.15) is 12.0 Å². The minimum absolute atomic E-state index is 0.264. The average Bonchev–Trinajstić information content (AvgIpc) is 2.13. The Kier molecular flexibility index (Phi) is 3.87. The fourth-order valence-corrected chi connectivity index (χ4v) is 0.936. The largest absolute Gasteiger partial charge is 0.508 e. The topological polar surface area (TPSA) is 32.3 Å². The van der Waals surface area contributed by atoms with Crippen molar-refractivity contribution < 1.29 is 5.11 Å². The molecule has 0 aliphatic rings. The highest BCUT2D eigenvalue weighted by molar-refractivity contribution is 5.39. The molecule has 2 nitrogen and oxygen atoms in total. The van der Waals surface area contributed by atoms with Crippen molar-refractivity contribution in [2.75, 3.05) is 13.6 Å². The molecule has 0 unspecified atom stereocenters. The second kappa shape index (κ2) is 5.23. The van der Waals surface area contributed by atoms with E-state index in [0.29, 0.717) is 0 Å². The molecule has 2 heteroatoms. The zero-order chi connectivity index (χ0) is 9.52. The summed E-state index contributed by atoms with van der Waals surface area (Å²) >= 11 is 0. The van der Waals surface area contributed by atoms with Crippen LogP contribution in [0.3, 0.4) is 0 Å². The maximum absolute atomic E-state index is 9.14. The van der Waals surface area contributed by atoms with Gasteiger partial charge in [-0.15, -0.1) is 0 Å². The third kappa shape index (κ3) is 3.64. The van der Waals surface area contributed by atoms with Crippen LogP contribution in [-0.2, 0) is 0 Å². The first kappa shape index (κ1) is 9.63. The van der Waals surface area contributed by atoms with Crippen LogP contribution in [0, 0.1) is 11.8 Å². The van der Waals surface area contributed by atoms with E-state index in [0.717, 1.165) is 18.5 Å². The van der Waals surface area contributed by atoms with Crippen LogP contribution in [0.15, 0.2) is 24.3 Å². The zero-order valence-corrected chi connectivity index (χ0v) is 7.67. The molecule has 0 saturated heterocycles. The molecule has 0 amide bonds. The molecule has 0 atom stereocenters. The summed E-state index contributed by atoms with van der Waals surface area (Å²) in [6.45, 7) is 0.895. The highest BCUT2D eigenvalue weighted by Crippen LogP contribution is 2.09. The number of rotatable bonds is 2. The maximum Gasteiger partial charge on any atom is 0.116 e. The van der Waals surface area contributed by atoms with E-state index in [4.69, 9.17) is 5.11 Å². The summed E-state index contributed by atoms with van der Waals surface area (Å²) < 4.78 is 0. The Morgan fingerprint density at radius 1 is 1.46 bits per heavy atom. The van der Waals surface area contributed by atoms with E-state index in [2.05, 4.69) is 17.2 Å². The van der Waals surface area contributed by atoms with Gasteiger partial charge in [-0.05, 0) is 25.2 Å². The minimum Gasteiger partial charge on any atom is -0.508 e. The van der Waals surface area contributed by atoms with E-state index in [1.54, 1.807) is 18.2 Å². The van der Waals surface area contributed by atoms with E-state index in [-0.39, 0.29) is 5.75 Å². The molecule has 2 N–H and O–H groups in total. The number of aromatic hydroxyl groups is 1. The van der Waals surface area contributed by atoms with E-state index in [1.807, 2.05) is 13.1 Å². The van der Waals surface area contributed by atoms with Crippen molar-refractivity contribution in [2.45, 2.75) is 6.42 Å². The first-order valence-electron chi connectivity index (χ1n) is 4.25. The summed E-state index contributed by atoms with van der Waals surface area (Å²) in [7, 11) is 1.90. The van der Waals surface area contributed by atoms with Crippen LogP contribution >= 0.6 is 0 Å². The summed E-state index contributed by atoms with van der Waals surface area (Å²) in [6, 6.07) is 6.97. The van der Waals surface area contributed by atoms with Gasteiger partial charge in [0.25, 0.3) is 0 Å². The molecule has 0 fully saturated rings. The van der Waals surface area contributed by atoms with E-state index in [9.17, 15) is 0 Å². The molecule has 0 aliphatic carbocycles. The average molecular weight is 175 g/mol. The highest BCUT2D eigenvalue weighted by atomic mass is 16.3. The van der Waals surface area contributed by atoms with Gasteiger partial charge in [0.05, 0.1) is 0 Å². The van der Waals surface area contributed by atoms with E-state index < -0.39 is 0 Å². The van der Waals surface area contributed by atoms with Crippen molar-refractivity contribution in [3.8, 4) is 17.6 Å². The molecule has 0 saturated carbocycles. The number of benzene rings is 1. The second-order valence-electron chi connectivity index (χ2n) is 2.71. The molecule has 1 rings (SSSR count). The quantitative estimate of drug-likeness (QED) is 0.525. The van der Waals surface area contributed by atoms with Crippen molar-refractivity contribution in [3.63, 3.8) is 0 Å². The predicted molar refractivity (Wildman–Crippen MR) is 53.5 cm³/mol. The Bertz CT molecular complexity index is 322. The van der Waals surface area contributed by atoms with Crippen LogP contribution in [0.5, 0.6) is 5.75 Å². The summed E-state index contributed by atoms with van der Waals surface area (Å²) in [4.78, 5) is 0. The lowest BCUT2D eigenvalue weighted by Gasteiger charge is -1.91. The monoisotopic (exact) mass is 175 g/mol. The molecule has 0 bridgehead atoms. The van der Waals surface area contributed by atoms with Gasteiger partial charge in [-0.3, -0.25) is 0 Å². The molecule has 0 radical (unpaired) electrons. The number of phenolic OH excluding ortho intramolecular Hbond substituents is 1. The van der Waals surface area contributed by atoms with Gasteiger partial charge in [-0.25, -0.2) is 0 Å². The fraction of sp³-hybridized carbons (Fsp3) is 0.273. The SMILES string of the molecule is CNCCC#Cc1cccc(O)c1. The molecular weight excluding hydrogens is 162 g/mol. The molecule has 1 aromatic carbocycles. The summed E-state index contributed by atoms with van der Waals surface area (Å²) in [5, 5.41) is 12.1. The number of hydrogen-bond acceptors (Lipinski definition) is 2. The van der Waals surface area contributed by atoms with Gasteiger partial charge in [0.15, 0.2) is 0 Å². The standard InChI is InChI=1S/C11H13NO/c1-12-8-3-2-5-10-6-4-7-11(13)9-10/h4,6-7,9,12-13H,3,8H2,1H3.